The van der Waals surface area contributed by atoms with E-state index >= 15 is 0 Å². The van der Waals surface area contributed by atoms with Crippen molar-refractivity contribution in [2.75, 3.05) is 18.4 Å². The lowest BCUT2D eigenvalue weighted by Crippen LogP contribution is -2.29. The van der Waals surface area contributed by atoms with Crippen molar-refractivity contribution < 1.29 is 4.79 Å². The molecule has 0 aliphatic carbocycles. The van der Waals surface area contributed by atoms with Gasteiger partial charge >= 0.3 is 0 Å². The van der Waals surface area contributed by atoms with Gasteiger partial charge in [0.05, 0.1) is 5.69 Å². The molecule has 0 unspecified atom stereocenters. The van der Waals surface area contributed by atoms with Crippen LogP contribution in [0.4, 0.5) is 5.82 Å². The van der Waals surface area contributed by atoms with Crippen molar-refractivity contribution in [2.24, 2.45) is 0 Å². The molecule has 0 atom stereocenters. The van der Waals surface area contributed by atoms with Crippen LogP contribution in [0.2, 0.25) is 0 Å². The Labute approximate surface area is 149 Å². The molecule has 3 aromatic heterocycles. The number of nitrogens with zero attached hydrogens (tertiary/aromatic N) is 5. The molecule has 3 rings (SSSR count). The maximum atomic E-state index is 12.2. The summed E-state index contributed by atoms with van der Waals surface area (Å²) in [5.74, 6) is 1.36. The van der Waals surface area contributed by atoms with Gasteiger partial charge in [-0.1, -0.05) is 17.8 Å². The minimum atomic E-state index is -0.129. The Morgan fingerprint density at radius 1 is 1.24 bits per heavy atom. The largest absolute Gasteiger partial charge is 0.368 e. The van der Waals surface area contributed by atoms with Gasteiger partial charge in [0, 0.05) is 31.5 Å². The lowest BCUT2D eigenvalue weighted by atomic mass is 10.2. The molecule has 3 aromatic rings. The molecule has 25 heavy (non-hydrogen) atoms. The number of carbonyl (C=O) groups excluding carboxylic acids is 1. The molecular formula is C16H19N7OS. The predicted octanol–water partition coefficient (Wildman–Crippen LogP) is 1.91. The minimum absolute atomic E-state index is 0.129. The maximum Gasteiger partial charge on any atom is 0.265 e. The number of aromatic nitrogens is 5. The summed E-state index contributed by atoms with van der Waals surface area (Å²) in [4.78, 5) is 21.2. The molecule has 9 heteroatoms. The van der Waals surface area contributed by atoms with Crippen molar-refractivity contribution in [1.29, 1.82) is 0 Å². The highest BCUT2D eigenvalue weighted by atomic mass is 32.1. The van der Waals surface area contributed by atoms with E-state index in [-0.39, 0.29) is 5.91 Å². The molecule has 0 saturated heterocycles. The lowest BCUT2D eigenvalue weighted by molar-refractivity contribution is 0.0958. The molecule has 0 saturated carbocycles. The smallest absolute Gasteiger partial charge is 0.265 e. The molecule has 0 aromatic carbocycles. The van der Waals surface area contributed by atoms with E-state index in [0.29, 0.717) is 23.8 Å². The fourth-order valence-electron chi connectivity index (χ4n) is 2.30. The molecule has 0 aliphatic heterocycles. The molecule has 0 aliphatic rings. The van der Waals surface area contributed by atoms with Crippen LogP contribution in [0.5, 0.6) is 0 Å². The first kappa shape index (κ1) is 17.0. The average Bonchev–Trinajstić information content (AvgIpc) is 3.31. The standard InChI is InChI=1S/C16H19N7OS/c1-2-5-12-15(25-22-21-12)16(24)18-7-6-17-13-10-14(20-11-19-13)23-8-3-4-9-23/h3-4,8-11H,2,5-7H2,1H3,(H,18,24)(H,17,19,20). The third kappa shape index (κ3) is 4.38. The number of carbonyl (C=O) groups is 1. The highest BCUT2D eigenvalue weighted by Gasteiger charge is 2.14. The monoisotopic (exact) mass is 357 g/mol. The van der Waals surface area contributed by atoms with Gasteiger partial charge in [-0.3, -0.25) is 4.79 Å². The summed E-state index contributed by atoms with van der Waals surface area (Å²) in [5, 5.41) is 10.1. The van der Waals surface area contributed by atoms with Crippen LogP contribution in [-0.4, -0.2) is 43.1 Å². The first-order valence-corrected chi connectivity index (χ1v) is 8.84. The molecule has 0 fully saturated rings. The summed E-state index contributed by atoms with van der Waals surface area (Å²) in [6.45, 7) is 3.09. The molecule has 3 heterocycles. The van der Waals surface area contributed by atoms with Crippen molar-refractivity contribution >= 4 is 23.3 Å². The van der Waals surface area contributed by atoms with Crippen molar-refractivity contribution in [3.05, 3.63) is 47.5 Å². The zero-order valence-corrected chi connectivity index (χ0v) is 14.7. The summed E-state index contributed by atoms with van der Waals surface area (Å²) in [6, 6.07) is 5.73. The Morgan fingerprint density at radius 2 is 2.08 bits per heavy atom. The van der Waals surface area contributed by atoms with Crippen LogP contribution in [0.25, 0.3) is 5.82 Å². The predicted molar refractivity (Wildman–Crippen MR) is 96.1 cm³/mol. The zero-order valence-electron chi connectivity index (χ0n) is 13.8. The summed E-state index contributed by atoms with van der Waals surface area (Å²) in [5.41, 5.74) is 0.769. The van der Waals surface area contributed by atoms with E-state index in [2.05, 4.69) is 37.1 Å². The number of nitrogens with one attached hydrogen (secondary N) is 2. The van der Waals surface area contributed by atoms with Crippen LogP contribution >= 0.6 is 11.5 Å². The third-order valence-electron chi connectivity index (χ3n) is 3.49. The zero-order chi connectivity index (χ0) is 17.5. The van der Waals surface area contributed by atoms with E-state index in [9.17, 15) is 4.79 Å². The Balaban J connectivity index is 1.49. The number of aryl methyl sites for hydroxylation is 1. The summed E-state index contributed by atoms with van der Waals surface area (Å²) >= 11 is 1.14. The van der Waals surface area contributed by atoms with Crippen molar-refractivity contribution in [1.82, 2.24) is 29.4 Å². The van der Waals surface area contributed by atoms with Gasteiger partial charge in [0.15, 0.2) is 0 Å². The van der Waals surface area contributed by atoms with Gasteiger partial charge in [0.2, 0.25) is 0 Å². The van der Waals surface area contributed by atoms with Crippen molar-refractivity contribution in [2.45, 2.75) is 19.8 Å². The first-order valence-electron chi connectivity index (χ1n) is 8.06. The highest BCUT2D eigenvalue weighted by Crippen LogP contribution is 2.12. The molecule has 2 N–H and O–H groups in total. The van der Waals surface area contributed by atoms with E-state index < -0.39 is 0 Å². The highest BCUT2D eigenvalue weighted by molar-refractivity contribution is 7.08. The van der Waals surface area contributed by atoms with E-state index in [1.165, 1.54) is 6.33 Å². The Morgan fingerprint density at radius 3 is 2.88 bits per heavy atom. The van der Waals surface area contributed by atoms with Gasteiger partial charge in [0.1, 0.15) is 22.8 Å². The van der Waals surface area contributed by atoms with Crippen LogP contribution in [0, 0.1) is 0 Å². The summed E-state index contributed by atoms with van der Waals surface area (Å²) < 4.78 is 5.77. The number of rotatable bonds is 8. The fourth-order valence-corrected chi connectivity index (χ4v) is 2.92. The van der Waals surface area contributed by atoms with Gasteiger partial charge in [0.25, 0.3) is 5.91 Å². The van der Waals surface area contributed by atoms with Crippen LogP contribution in [0.1, 0.15) is 28.7 Å². The molecule has 0 radical (unpaired) electrons. The minimum Gasteiger partial charge on any atom is -0.368 e. The van der Waals surface area contributed by atoms with Crippen LogP contribution in [-0.2, 0) is 6.42 Å². The Kier molecular flexibility index (Phi) is 5.68. The number of amides is 1. The normalized spacial score (nSPS) is 10.6. The second kappa shape index (κ2) is 8.34. The number of anilines is 1. The number of hydrogen-bond donors (Lipinski definition) is 2. The molecule has 8 nitrogen and oxygen atoms in total. The van der Waals surface area contributed by atoms with E-state index in [1.54, 1.807) is 0 Å². The molecule has 0 bridgehead atoms. The summed E-state index contributed by atoms with van der Waals surface area (Å²) in [6.07, 6.45) is 7.05. The van der Waals surface area contributed by atoms with E-state index in [4.69, 9.17) is 0 Å². The van der Waals surface area contributed by atoms with Gasteiger partial charge < -0.3 is 15.2 Å². The van der Waals surface area contributed by atoms with Gasteiger partial charge in [-0.25, -0.2) is 9.97 Å². The SMILES string of the molecule is CCCc1nnsc1C(=O)NCCNc1cc(-n2cccc2)ncn1. The van der Waals surface area contributed by atoms with E-state index in [1.807, 2.05) is 35.2 Å². The second-order valence-electron chi connectivity index (χ2n) is 5.33. The Bertz CT molecular complexity index is 816. The van der Waals surface area contributed by atoms with E-state index in [0.717, 1.165) is 35.9 Å². The maximum absolute atomic E-state index is 12.2. The quantitative estimate of drug-likeness (QED) is 0.598. The van der Waals surface area contributed by atoms with Crippen LogP contribution in [0.3, 0.4) is 0 Å². The fraction of sp³-hybridized carbons (Fsp3) is 0.312. The van der Waals surface area contributed by atoms with Crippen LogP contribution < -0.4 is 10.6 Å². The lowest BCUT2D eigenvalue weighted by Gasteiger charge is -2.08. The molecular weight excluding hydrogens is 338 g/mol. The van der Waals surface area contributed by atoms with Crippen molar-refractivity contribution in [3.63, 3.8) is 0 Å². The Hall–Kier alpha value is -2.81. The van der Waals surface area contributed by atoms with Gasteiger partial charge in [-0.2, -0.15) is 0 Å². The first-order chi connectivity index (χ1) is 12.3. The molecule has 130 valence electrons. The second-order valence-corrected chi connectivity index (χ2v) is 6.09. The third-order valence-corrected chi connectivity index (χ3v) is 4.25. The van der Waals surface area contributed by atoms with Gasteiger partial charge in [-0.15, -0.1) is 5.10 Å². The number of hydrogen-bond acceptors (Lipinski definition) is 7. The topological polar surface area (TPSA) is 97.6 Å². The molecule has 0 spiro atoms. The van der Waals surface area contributed by atoms with Crippen LogP contribution in [0.15, 0.2) is 36.9 Å². The molecule has 1 amide bonds. The summed E-state index contributed by atoms with van der Waals surface area (Å²) in [7, 11) is 0. The van der Waals surface area contributed by atoms with Gasteiger partial charge in [-0.05, 0) is 30.1 Å². The van der Waals surface area contributed by atoms with Crippen molar-refractivity contribution in [3.8, 4) is 5.82 Å². The average molecular weight is 357 g/mol.